The van der Waals surface area contributed by atoms with E-state index >= 15 is 0 Å². The van der Waals surface area contributed by atoms with E-state index in [0.29, 0.717) is 6.10 Å². The molecule has 3 nitrogen and oxygen atoms in total. The molecule has 2 heterocycles. The summed E-state index contributed by atoms with van der Waals surface area (Å²) in [6, 6.07) is 0. The van der Waals surface area contributed by atoms with Gasteiger partial charge in [0.15, 0.2) is 0 Å². The van der Waals surface area contributed by atoms with Crippen LogP contribution in [0.1, 0.15) is 52.4 Å². The van der Waals surface area contributed by atoms with Crippen LogP contribution in [0.25, 0.3) is 0 Å². The molecule has 3 aliphatic rings. The Hall–Kier alpha value is -0.640. The first-order valence-electron chi connectivity index (χ1n) is 8.74. The maximum atomic E-state index is 6.15. The molecule has 22 heavy (non-hydrogen) atoms. The predicted octanol–water partition coefficient (Wildman–Crippen LogP) is 4.03. The van der Waals surface area contributed by atoms with Gasteiger partial charge in [-0.05, 0) is 38.2 Å². The minimum atomic E-state index is -0.129. The highest BCUT2D eigenvalue weighted by Crippen LogP contribution is 2.59. The first kappa shape index (κ1) is 16.2. The van der Waals surface area contributed by atoms with E-state index in [1.807, 2.05) is 0 Å². The van der Waals surface area contributed by atoms with Crippen molar-refractivity contribution in [2.45, 2.75) is 75.8 Å². The lowest BCUT2D eigenvalue weighted by Gasteiger charge is -2.39. The molecule has 0 N–H and O–H groups in total. The number of methoxy groups -OCH3 is 1. The molecule has 3 fully saturated rings. The lowest BCUT2D eigenvalue weighted by Crippen LogP contribution is -2.49. The first-order chi connectivity index (χ1) is 10.6. The lowest BCUT2D eigenvalue weighted by atomic mass is 9.68. The smallest absolute Gasteiger partial charge is 0.101 e. The topological polar surface area (TPSA) is 34.3 Å². The Morgan fingerprint density at radius 3 is 2.82 bits per heavy atom. The number of hydrogen-bond donors (Lipinski definition) is 0. The van der Waals surface area contributed by atoms with Crippen LogP contribution >= 0.6 is 0 Å². The fraction of sp³-hybridized carbons (Fsp3) is 0.789. The number of allylic oxidation sites excluding steroid dienone is 1. The van der Waals surface area contributed by atoms with Gasteiger partial charge in [0.2, 0.25) is 0 Å². The van der Waals surface area contributed by atoms with Gasteiger partial charge in [-0.1, -0.05) is 38.5 Å². The Kier molecular flexibility index (Phi) is 4.50. The fourth-order valence-corrected chi connectivity index (χ4v) is 4.21. The molecule has 3 rings (SSSR count). The van der Waals surface area contributed by atoms with E-state index in [-0.39, 0.29) is 23.2 Å². The second-order valence-electron chi connectivity index (χ2n) is 7.29. The van der Waals surface area contributed by atoms with Gasteiger partial charge >= 0.3 is 0 Å². The van der Waals surface area contributed by atoms with E-state index in [9.17, 15) is 0 Å². The molecule has 0 radical (unpaired) electrons. The largest absolute Gasteiger partial charge is 0.377 e. The molecule has 0 unspecified atom stereocenters. The van der Waals surface area contributed by atoms with Gasteiger partial charge in [0.05, 0.1) is 24.7 Å². The summed E-state index contributed by atoms with van der Waals surface area (Å²) in [5.41, 5.74) is 1.05. The molecule has 1 saturated carbocycles. The molecule has 5 atom stereocenters. The number of hydrogen-bond acceptors (Lipinski definition) is 3. The monoisotopic (exact) mass is 306 g/mol. The van der Waals surface area contributed by atoms with Crippen LogP contribution in [-0.4, -0.2) is 37.1 Å². The van der Waals surface area contributed by atoms with E-state index < -0.39 is 0 Å². The van der Waals surface area contributed by atoms with E-state index in [0.717, 1.165) is 25.9 Å². The highest BCUT2D eigenvalue weighted by Gasteiger charge is 2.70. The quantitative estimate of drug-likeness (QED) is 0.404. The van der Waals surface area contributed by atoms with Gasteiger partial charge in [0.1, 0.15) is 11.2 Å². The van der Waals surface area contributed by atoms with Crippen LogP contribution in [0.3, 0.4) is 0 Å². The molecule has 1 spiro atoms. The molecule has 0 aromatic rings. The summed E-state index contributed by atoms with van der Waals surface area (Å²) < 4.78 is 17.8. The highest BCUT2D eigenvalue weighted by molar-refractivity contribution is 5.26. The zero-order chi connectivity index (χ0) is 15.8. The standard InChI is InChI=1S/C19H30O3/c1-5-6-7-8-9-10-15-18(3,22-15)17-16(20-4)14(2)11-12-19(17)13-21-19/h8-9,15-17H,2,5-7,10-13H2,1,3-4H3/b9-8+/t15-,16-,17-,18+,19+/m1/s1. The average molecular weight is 306 g/mol. The number of ether oxygens (including phenoxy) is 3. The van der Waals surface area contributed by atoms with Crippen LogP contribution in [-0.2, 0) is 14.2 Å². The molecular formula is C19H30O3. The predicted molar refractivity (Wildman–Crippen MR) is 87.9 cm³/mol. The summed E-state index contributed by atoms with van der Waals surface area (Å²) >= 11 is 0. The SMILES string of the molecule is C=C1CC[C@]2(CO2)[C@@H]([C@@]2(C)O[C@@H]2C/C=C/CCCC)[C@@H]1OC. The average Bonchev–Trinajstić information content (AvgIpc) is 3.40. The van der Waals surface area contributed by atoms with Crippen molar-refractivity contribution < 1.29 is 14.2 Å². The van der Waals surface area contributed by atoms with Crippen molar-refractivity contribution in [3.05, 3.63) is 24.3 Å². The molecule has 2 saturated heterocycles. The highest BCUT2D eigenvalue weighted by atomic mass is 16.6. The molecule has 1 aliphatic carbocycles. The Bertz CT molecular complexity index is 452. The van der Waals surface area contributed by atoms with E-state index in [1.165, 1.54) is 24.8 Å². The second-order valence-corrected chi connectivity index (χ2v) is 7.29. The van der Waals surface area contributed by atoms with Gasteiger partial charge in [-0.2, -0.15) is 0 Å². The van der Waals surface area contributed by atoms with Crippen molar-refractivity contribution in [1.82, 2.24) is 0 Å². The molecule has 0 aromatic carbocycles. The van der Waals surface area contributed by atoms with Crippen molar-refractivity contribution in [3.63, 3.8) is 0 Å². The number of epoxide rings is 2. The third kappa shape index (κ3) is 2.79. The third-order valence-corrected chi connectivity index (χ3v) is 5.75. The van der Waals surface area contributed by atoms with Crippen LogP contribution in [0.5, 0.6) is 0 Å². The van der Waals surface area contributed by atoms with E-state index in [1.54, 1.807) is 7.11 Å². The van der Waals surface area contributed by atoms with Crippen LogP contribution in [0.2, 0.25) is 0 Å². The Morgan fingerprint density at radius 2 is 2.18 bits per heavy atom. The number of unbranched alkanes of at least 4 members (excludes halogenated alkanes) is 2. The molecule has 0 aromatic heterocycles. The van der Waals surface area contributed by atoms with Crippen LogP contribution in [0.15, 0.2) is 24.3 Å². The minimum absolute atomic E-state index is 0.0166. The number of rotatable bonds is 7. The van der Waals surface area contributed by atoms with Crippen molar-refractivity contribution in [3.8, 4) is 0 Å². The van der Waals surface area contributed by atoms with Gasteiger partial charge in [-0.3, -0.25) is 0 Å². The summed E-state index contributed by atoms with van der Waals surface area (Å²) in [6.07, 6.45) is 11.7. The maximum absolute atomic E-state index is 6.15. The summed E-state index contributed by atoms with van der Waals surface area (Å²) in [7, 11) is 1.79. The Morgan fingerprint density at radius 1 is 1.41 bits per heavy atom. The third-order valence-electron chi connectivity index (χ3n) is 5.75. The summed E-state index contributed by atoms with van der Waals surface area (Å²) in [6.45, 7) is 9.53. The second kappa shape index (κ2) is 6.10. The van der Waals surface area contributed by atoms with E-state index in [2.05, 4.69) is 32.6 Å². The van der Waals surface area contributed by atoms with Gasteiger partial charge in [0.25, 0.3) is 0 Å². The lowest BCUT2D eigenvalue weighted by molar-refractivity contribution is -0.0198. The van der Waals surface area contributed by atoms with Gasteiger partial charge in [-0.15, -0.1) is 0 Å². The summed E-state index contributed by atoms with van der Waals surface area (Å²) in [4.78, 5) is 0. The zero-order valence-corrected chi connectivity index (χ0v) is 14.3. The van der Waals surface area contributed by atoms with Crippen LogP contribution in [0.4, 0.5) is 0 Å². The fourth-order valence-electron chi connectivity index (χ4n) is 4.21. The van der Waals surface area contributed by atoms with Gasteiger partial charge in [-0.25, -0.2) is 0 Å². The summed E-state index contributed by atoms with van der Waals surface area (Å²) in [5, 5.41) is 0. The van der Waals surface area contributed by atoms with E-state index in [4.69, 9.17) is 14.2 Å². The minimum Gasteiger partial charge on any atom is -0.377 e. The van der Waals surface area contributed by atoms with Gasteiger partial charge in [0, 0.05) is 7.11 Å². The van der Waals surface area contributed by atoms with Gasteiger partial charge < -0.3 is 14.2 Å². The normalized spacial score (nSPS) is 44.0. The summed E-state index contributed by atoms with van der Waals surface area (Å²) in [5.74, 6) is 0.278. The molecule has 124 valence electrons. The van der Waals surface area contributed by atoms with Crippen molar-refractivity contribution >= 4 is 0 Å². The molecule has 3 heteroatoms. The van der Waals surface area contributed by atoms with Crippen molar-refractivity contribution in [2.75, 3.05) is 13.7 Å². The van der Waals surface area contributed by atoms with Crippen molar-refractivity contribution in [2.24, 2.45) is 5.92 Å². The zero-order valence-electron chi connectivity index (χ0n) is 14.3. The first-order valence-corrected chi connectivity index (χ1v) is 8.74. The molecule has 0 amide bonds. The van der Waals surface area contributed by atoms with Crippen LogP contribution < -0.4 is 0 Å². The maximum Gasteiger partial charge on any atom is 0.101 e. The molecular weight excluding hydrogens is 276 g/mol. The Balaban J connectivity index is 1.64. The van der Waals surface area contributed by atoms with Crippen LogP contribution in [0, 0.1) is 5.92 Å². The molecule has 2 aliphatic heterocycles. The molecule has 0 bridgehead atoms. The Labute approximate surface area is 134 Å². The van der Waals surface area contributed by atoms with Crippen molar-refractivity contribution in [1.29, 1.82) is 0 Å².